The Balaban J connectivity index is 2.50. The highest BCUT2D eigenvalue weighted by atomic mass is 127. The van der Waals surface area contributed by atoms with Crippen LogP contribution in [0.4, 0.5) is 5.69 Å². The van der Waals surface area contributed by atoms with Gasteiger partial charge in [-0.15, -0.1) is 0 Å². The first-order valence-corrected chi connectivity index (χ1v) is 6.37. The molecule has 94 valence electrons. The molecule has 0 atom stereocenters. The normalized spacial score (nSPS) is 10.6. The van der Waals surface area contributed by atoms with Crippen LogP contribution in [0.25, 0.3) is 0 Å². The molecule has 5 nitrogen and oxygen atoms in total. The first kappa shape index (κ1) is 12.9. The summed E-state index contributed by atoms with van der Waals surface area (Å²) in [5.74, 6) is 0. The number of hydrogen-bond acceptors (Lipinski definition) is 3. The van der Waals surface area contributed by atoms with Crippen LogP contribution < -0.4 is 17.0 Å². The van der Waals surface area contributed by atoms with E-state index >= 15 is 0 Å². The van der Waals surface area contributed by atoms with E-state index in [9.17, 15) is 9.59 Å². The van der Waals surface area contributed by atoms with Crippen LogP contribution in [0, 0.1) is 3.57 Å². The van der Waals surface area contributed by atoms with Gasteiger partial charge in [-0.1, -0.05) is 12.1 Å². The first-order valence-electron chi connectivity index (χ1n) is 5.29. The van der Waals surface area contributed by atoms with Crippen LogP contribution in [0.2, 0.25) is 0 Å². The zero-order chi connectivity index (χ0) is 13.3. The van der Waals surface area contributed by atoms with E-state index in [0.29, 0.717) is 0 Å². The molecule has 6 heteroatoms. The molecule has 0 aliphatic rings. The minimum Gasteiger partial charge on any atom is -0.393 e. The molecule has 0 aliphatic heterocycles. The van der Waals surface area contributed by atoms with E-state index in [1.807, 2.05) is 24.3 Å². The molecule has 0 fully saturated rings. The fourth-order valence-corrected chi connectivity index (χ4v) is 2.02. The van der Waals surface area contributed by atoms with Crippen LogP contribution in [0.15, 0.2) is 40.1 Å². The van der Waals surface area contributed by atoms with Crippen molar-refractivity contribution in [3.05, 3.63) is 60.4 Å². The third kappa shape index (κ3) is 2.47. The molecule has 0 saturated heterocycles. The number of aromatic nitrogens is 2. The van der Waals surface area contributed by atoms with Crippen molar-refractivity contribution < 1.29 is 0 Å². The van der Waals surface area contributed by atoms with E-state index in [-0.39, 0.29) is 17.9 Å². The van der Waals surface area contributed by atoms with Crippen molar-refractivity contribution in [2.24, 2.45) is 7.05 Å². The van der Waals surface area contributed by atoms with E-state index in [0.717, 1.165) is 13.7 Å². The van der Waals surface area contributed by atoms with E-state index in [2.05, 4.69) is 22.6 Å². The molecule has 0 amide bonds. The van der Waals surface area contributed by atoms with Crippen LogP contribution in [-0.4, -0.2) is 9.13 Å². The van der Waals surface area contributed by atoms with Crippen molar-refractivity contribution in [2.45, 2.75) is 6.54 Å². The van der Waals surface area contributed by atoms with Crippen molar-refractivity contribution in [2.75, 3.05) is 5.73 Å². The third-order valence-corrected chi connectivity index (χ3v) is 3.33. The fraction of sp³-hybridized carbons (Fsp3) is 0.167. The van der Waals surface area contributed by atoms with Gasteiger partial charge in [-0.25, -0.2) is 4.79 Å². The number of nitrogens with two attached hydrogens (primary N) is 1. The third-order valence-electron chi connectivity index (χ3n) is 2.61. The molecular formula is C12H12IN3O2. The Morgan fingerprint density at radius 2 is 1.83 bits per heavy atom. The molecule has 0 unspecified atom stereocenters. The number of anilines is 1. The van der Waals surface area contributed by atoms with Crippen molar-refractivity contribution in [1.82, 2.24) is 9.13 Å². The summed E-state index contributed by atoms with van der Waals surface area (Å²) in [5, 5.41) is 0. The molecule has 0 bridgehead atoms. The summed E-state index contributed by atoms with van der Waals surface area (Å²) in [5.41, 5.74) is 5.72. The molecule has 2 aromatic rings. The molecule has 0 spiro atoms. The lowest BCUT2D eigenvalue weighted by molar-refractivity contribution is 0.643. The molecule has 2 N–H and O–H groups in total. The Kier molecular flexibility index (Phi) is 3.55. The Morgan fingerprint density at radius 1 is 1.22 bits per heavy atom. The number of benzene rings is 1. The van der Waals surface area contributed by atoms with Crippen molar-refractivity contribution >= 4 is 28.3 Å². The standard InChI is InChI=1S/C12H12IN3O2/c1-15-7-10(14)11(17)16(12(15)18)6-8-2-4-9(13)5-3-8/h2-5,7H,6,14H2,1H3. The summed E-state index contributed by atoms with van der Waals surface area (Å²) >= 11 is 2.20. The Hall–Kier alpha value is -1.57. The highest BCUT2D eigenvalue weighted by Gasteiger charge is 2.07. The molecule has 1 heterocycles. The monoisotopic (exact) mass is 357 g/mol. The molecular weight excluding hydrogens is 345 g/mol. The fourth-order valence-electron chi connectivity index (χ4n) is 1.66. The maximum atomic E-state index is 11.9. The van der Waals surface area contributed by atoms with Gasteiger partial charge in [-0.05, 0) is 40.3 Å². The number of hydrogen-bond donors (Lipinski definition) is 1. The summed E-state index contributed by atoms with van der Waals surface area (Å²) in [6, 6.07) is 7.63. The van der Waals surface area contributed by atoms with Crippen LogP contribution >= 0.6 is 22.6 Å². The lowest BCUT2D eigenvalue weighted by Crippen LogP contribution is -2.39. The van der Waals surface area contributed by atoms with E-state index in [1.165, 1.54) is 10.8 Å². The second-order valence-corrected chi connectivity index (χ2v) is 5.24. The second-order valence-electron chi connectivity index (χ2n) is 4.00. The number of halogens is 1. The zero-order valence-corrected chi connectivity index (χ0v) is 11.9. The van der Waals surface area contributed by atoms with Gasteiger partial charge in [0.1, 0.15) is 5.69 Å². The summed E-state index contributed by atoms with van der Waals surface area (Å²) in [6.45, 7) is 0.230. The number of nitrogen functional groups attached to an aromatic ring is 1. The highest BCUT2D eigenvalue weighted by Crippen LogP contribution is 2.07. The average molecular weight is 357 g/mol. The van der Waals surface area contributed by atoms with Gasteiger partial charge in [0.25, 0.3) is 5.56 Å². The minimum absolute atomic E-state index is 0.0719. The predicted molar refractivity (Wildman–Crippen MR) is 78.6 cm³/mol. The molecule has 1 aromatic heterocycles. The van der Waals surface area contributed by atoms with Crippen LogP contribution in [0.1, 0.15) is 5.56 Å². The number of rotatable bonds is 2. The Bertz CT molecular complexity index is 652. The quantitative estimate of drug-likeness (QED) is 0.808. The van der Waals surface area contributed by atoms with Gasteiger partial charge in [0.2, 0.25) is 0 Å². The van der Waals surface area contributed by atoms with Crippen molar-refractivity contribution in [1.29, 1.82) is 0 Å². The molecule has 2 rings (SSSR count). The maximum Gasteiger partial charge on any atom is 0.331 e. The topological polar surface area (TPSA) is 70.0 Å². The molecule has 18 heavy (non-hydrogen) atoms. The Morgan fingerprint density at radius 3 is 2.44 bits per heavy atom. The van der Waals surface area contributed by atoms with Gasteiger partial charge in [-0.3, -0.25) is 9.36 Å². The van der Waals surface area contributed by atoms with Crippen LogP contribution in [0.5, 0.6) is 0 Å². The molecule has 1 aromatic carbocycles. The van der Waals surface area contributed by atoms with E-state index in [4.69, 9.17) is 5.73 Å². The summed E-state index contributed by atoms with van der Waals surface area (Å²) in [6.07, 6.45) is 1.34. The van der Waals surface area contributed by atoms with Crippen molar-refractivity contribution in [3.63, 3.8) is 0 Å². The summed E-state index contributed by atoms with van der Waals surface area (Å²) in [7, 11) is 1.57. The zero-order valence-electron chi connectivity index (χ0n) is 9.76. The second kappa shape index (κ2) is 4.97. The highest BCUT2D eigenvalue weighted by molar-refractivity contribution is 14.1. The summed E-state index contributed by atoms with van der Waals surface area (Å²) < 4.78 is 3.55. The van der Waals surface area contributed by atoms with Crippen LogP contribution in [-0.2, 0) is 13.6 Å². The largest absolute Gasteiger partial charge is 0.393 e. The van der Waals surface area contributed by atoms with Crippen LogP contribution in [0.3, 0.4) is 0 Å². The maximum absolute atomic E-state index is 11.9. The molecule has 0 aliphatic carbocycles. The summed E-state index contributed by atoms with van der Waals surface area (Å²) in [4.78, 5) is 23.7. The first-order chi connectivity index (χ1) is 8.49. The van der Waals surface area contributed by atoms with Gasteiger partial charge in [0.05, 0.1) is 6.54 Å². The molecule has 0 radical (unpaired) electrons. The van der Waals surface area contributed by atoms with Gasteiger partial charge in [0, 0.05) is 16.8 Å². The Labute approximate surface area is 117 Å². The minimum atomic E-state index is -0.448. The number of nitrogens with zero attached hydrogens (tertiary/aromatic N) is 2. The van der Waals surface area contributed by atoms with Gasteiger partial charge in [-0.2, -0.15) is 0 Å². The molecule has 0 saturated carbocycles. The van der Waals surface area contributed by atoms with E-state index in [1.54, 1.807) is 7.05 Å². The average Bonchev–Trinajstić information content (AvgIpc) is 2.34. The van der Waals surface area contributed by atoms with Gasteiger partial charge in [0.15, 0.2) is 0 Å². The smallest absolute Gasteiger partial charge is 0.331 e. The lowest BCUT2D eigenvalue weighted by Gasteiger charge is -2.08. The van der Waals surface area contributed by atoms with Gasteiger partial charge < -0.3 is 10.3 Å². The van der Waals surface area contributed by atoms with E-state index < -0.39 is 5.56 Å². The van der Waals surface area contributed by atoms with Crippen molar-refractivity contribution in [3.8, 4) is 0 Å². The SMILES string of the molecule is Cn1cc(N)c(=O)n(Cc2ccc(I)cc2)c1=O. The number of aryl methyl sites for hydroxylation is 1. The van der Waals surface area contributed by atoms with Gasteiger partial charge >= 0.3 is 5.69 Å². The predicted octanol–water partition coefficient (Wildman–Crippen LogP) is 0.782. The lowest BCUT2D eigenvalue weighted by atomic mass is 10.2.